The molecule has 0 radical (unpaired) electrons. The normalized spacial score (nSPS) is 10.9. The SMILES string of the molecule is COCCOc1ccc(C(=O)/C=C/c2ccc(F)c(Br)c2)cc1OC. The number of allylic oxidation sites excluding steroid dienone is 1. The van der Waals surface area contributed by atoms with Crippen molar-refractivity contribution < 1.29 is 23.4 Å². The third-order valence-corrected chi connectivity index (χ3v) is 3.97. The minimum absolute atomic E-state index is 0.192. The molecule has 132 valence electrons. The summed E-state index contributed by atoms with van der Waals surface area (Å²) >= 11 is 3.12. The van der Waals surface area contributed by atoms with Gasteiger partial charge < -0.3 is 14.2 Å². The molecular formula is C19H18BrFO4. The van der Waals surface area contributed by atoms with Gasteiger partial charge in [0.2, 0.25) is 0 Å². The van der Waals surface area contributed by atoms with Gasteiger partial charge in [-0.15, -0.1) is 0 Å². The van der Waals surface area contributed by atoms with E-state index in [0.717, 1.165) is 0 Å². The van der Waals surface area contributed by atoms with Crippen LogP contribution in [0.5, 0.6) is 11.5 Å². The predicted octanol–water partition coefficient (Wildman–Crippen LogP) is 4.52. The van der Waals surface area contributed by atoms with Crippen LogP contribution in [0.3, 0.4) is 0 Å². The number of methoxy groups -OCH3 is 2. The molecule has 0 heterocycles. The summed E-state index contributed by atoms with van der Waals surface area (Å²) in [6.07, 6.45) is 3.06. The summed E-state index contributed by atoms with van der Waals surface area (Å²) in [5.41, 5.74) is 1.18. The van der Waals surface area contributed by atoms with Gasteiger partial charge in [-0.2, -0.15) is 0 Å². The third-order valence-electron chi connectivity index (χ3n) is 3.36. The lowest BCUT2D eigenvalue weighted by Crippen LogP contribution is -2.06. The van der Waals surface area contributed by atoms with Crippen LogP contribution in [0.1, 0.15) is 15.9 Å². The fourth-order valence-electron chi connectivity index (χ4n) is 2.06. The highest BCUT2D eigenvalue weighted by Gasteiger charge is 2.09. The number of halogens is 2. The van der Waals surface area contributed by atoms with E-state index in [9.17, 15) is 9.18 Å². The molecule has 4 nitrogen and oxygen atoms in total. The Morgan fingerprint density at radius 2 is 1.92 bits per heavy atom. The Hall–Kier alpha value is -2.18. The number of hydrogen-bond donors (Lipinski definition) is 0. The standard InChI is InChI=1S/C19H18BrFO4/c1-23-9-10-25-18-8-5-14(12-19(18)24-2)17(22)7-4-13-3-6-16(21)15(20)11-13/h3-8,11-12H,9-10H2,1-2H3/b7-4+. The van der Waals surface area contributed by atoms with Gasteiger partial charge in [-0.25, -0.2) is 4.39 Å². The van der Waals surface area contributed by atoms with Crippen LogP contribution in [0, 0.1) is 5.82 Å². The van der Waals surface area contributed by atoms with Crippen molar-refractivity contribution in [2.24, 2.45) is 0 Å². The van der Waals surface area contributed by atoms with Gasteiger partial charge in [0.1, 0.15) is 12.4 Å². The molecule has 6 heteroatoms. The third kappa shape index (κ3) is 5.41. The fourth-order valence-corrected chi connectivity index (χ4v) is 2.46. The highest BCUT2D eigenvalue weighted by molar-refractivity contribution is 9.10. The van der Waals surface area contributed by atoms with Crippen molar-refractivity contribution in [2.75, 3.05) is 27.4 Å². The van der Waals surface area contributed by atoms with E-state index in [2.05, 4.69) is 15.9 Å². The Bertz CT molecular complexity index is 774. The molecule has 0 unspecified atom stereocenters. The van der Waals surface area contributed by atoms with Crippen LogP contribution in [0.2, 0.25) is 0 Å². The van der Waals surface area contributed by atoms with Gasteiger partial charge in [0, 0.05) is 12.7 Å². The largest absolute Gasteiger partial charge is 0.493 e. The number of hydrogen-bond acceptors (Lipinski definition) is 4. The van der Waals surface area contributed by atoms with Crippen LogP contribution in [0.15, 0.2) is 46.9 Å². The average Bonchev–Trinajstić information content (AvgIpc) is 2.62. The first-order valence-corrected chi connectivity index (χ1v) is 8.31. The monoisotopic (exact) mass is 408 g/mol. The maximum atomic E-state index is 13.2. The lowest BCUT2D eigenvalue weighted by Gasteiger charge is -2.11. The molecule has 0 aliphatic carbocycles. The van der Waals surface area contributed by atoms with Gasteiger partial charge in [0.25, 0.3) is 0 Å². The second-order valence-corrected chi connectivity index (χ2v) is 5.93. The quantitative estimate of drug-likeness (QED) is 0.366. The Balaban J connectivity index is 2.12. The van der Waals surface area contributed by atoms with Crippen molar-refractivity contribution in [3.05, 3.63) is 63.9 Å². The molecule has 0 spiro atoms. The van der Waals surface area contributed by atoms with E-state index in [1.807, 2.05) is 0 Å². The zero-order chi connectivity index (χ0) is 18.2. The molecule has 0 amide bonds. The molecule has 0 N–H and O–H groups in total. The van der Waals surface area contributed by atoms with Gasteiger partial charge in [0.15, 0.2) is 17.3 Å². The van der Waals surface area contributed by atoms with Gasteiger partial charge in [-0.05, 0) is 57.9 Å². The van der Waals surface area contributed by atoms with E-state index in [4.69, 9.17) is 14.2 Å². The van der Waals surface area contributed by atoms with Crippen LogP contribution in [-0.2, 0) is 4.74 Å². The molecule has 25 heavy (non-hydrogen) atoms. The topological polar surface area (TPSA) is 44.8 Å². The zero-order valence-electron chi connectivity index (χ0n) is 13.9. The first-order chi connectivity index (χ1) is 12.0. The number of ether oxygens (including phenoxy) is 3. The minimum atomic E-state index is -0.350. The average molecular weight is 409 g/mol. The van der Waals surface area contributed by atoms with Gasteiger partial charge >= 0.3 is 0 Å². The van der Waals surface area contributed by atoms with Crippen LogP contribution in [0.4, 0.5) is 4.39 Å². The van der Waals surface area contributed by atoms with Crippen molar-refractivity contribution in [3.8, 4) is 11.5 Å². The summed E-state index contributed by atoms with van der Waals surface area (Å²) < 4.78 is 29.3. The Labute approximate surface area is 154 Å². The first-order valence-electron chi connectivity index (χ1n) is 7.52. The summed E-state index contributed by atoms with van der Waals surface area (Å²) in [5.74, 6) is 0.474. The molecule has 0 saturated carbocycles. The molecular weight excluding hydrogens is 391 g/mol. The van der Waals surface area contributed by atoms with E-state index in [-0.39, 0.29) is 11.6 Å². The summed E-state index contributed by atoms with van der Waals surface area (Å²) in [6, 6.07) is 9.50. The van der Waals surface area contributed by atoms with E-state index >= 15 is 0 Å². The summed E-state index contributed by atoms with van der Waals surface area (Å²) in [7, 11) is 3.10. The second-order valence-electron chi connectivity index (χ2n) is 5.08. The number of carbonyl (C=O) groups excluding carboxylic acids is 1. The molecule has 2 rings (SSSR count). The number of ketones is 1. The van der Waals surface area contributed by atoms with Crippen LogP contribution < -0.4 is 9.47 Å². The smallest absolute Gasteiger partial charge is 0.185 e. The summed E-state index contributed by atoms with van der Waals surface area (Å²) in [6.45, 7) is 0.847. The predicted molar refractivity (Wildman–Crippen MR) is 97.8 cm³/mol. The summed E-state index contributed by atoms with van der Waals surface area (Å²) in [5, 5.41) is 0. The molecule has 0 aliphatic heterocycles. The lowest BCUT2D eigenvalue weighted by molar-refractivity contribution is 0.104. The Kier molecular flexibility index (Phi) is 7.16. The van der Waals surface area contributed by atoms with Crippen molar-refractivity contribution in [2.45, 2.75) is 0 Å². The van der Waals surface area contributed by atoms with Crippen molar-refractivity contribution in [1.29, 1.82) is 0 Å². The van der Waals surface area contributed by atoms with Crippen molar-refractivity contribution >= 4 is 27.8 Å². The van der Waals surface area contributed by atoms with Crippen molar-refractivity contribution in [3.63, 3.8) is 0 Å². The molecule has 0 atom stereocenters. The van der Waals surface area contributed by atoms with Crippen LogP contribution in [0.25, 0.3) is 6.08 Å². The van der Waals surface area contributed by atoms with Gasteiger partial charge in [-0.3, -0.25) is 4.79 Å². The van der Waals surface area contributed by atoms with Crippen LogP contribution >= 0.6 is 15.9 Å². The maximum absolute atomic E-state index is 13.2. The Morgan fingerprint density at radius 1 is 1.12 bits per heavy atom. The maximum Gasteiger partial charge on any atom is 0.185 e. The molecule has 2 aromatic rings. The van der Waals surface area contributed by atoms with E-state index < -0.39 is 0 Å². The summed E-state index contributed by atoms with van der Waals surface area (Å²) in [4.78, 5) is 12.3. The number of carbonyl (C=O) groups is 1. The van der Waals surface area contributed by atoms with Gasteiger partial charge in [0.05, 0.1) is 18.2 Å². The highest BCUT2D eigenvalue weighted by atomic mass is 79.9. The van der Waals surface area contributed by atoms with E-state index in [1.165, 1.54) is 19.3 Å². The first kappa shape index (κ1) is 19.1. The van der Waals surface area contributed by atoms with Crippen LogP contribution in [-0.4, -0.2) is 33.2 Å². The fraction of sp³-hybridized carbons (Fsp3) is 0.211. The van der Waals surface area contributed by atoms with Crippen molar-refractivity contribution in [1.82, 2.24) is 0 Å². The molecule has 0 fully saturated rings. The molecule has 2 aromatic carbocycles. The van der Waals surface area contributed by atoms with Gasteiger partial charge in [-0.1, -0.05) is 12.1 Å². The number of rotatable bonds is 8. The molecule has 0 bridgehead atoms. The zero-order valence-corrected chi connectivity index (χ0v) is 15.5. The lowest BCUT2D eigenvalue weighted by atomic mass is 10.1. The number of benzene rings is 2. The minimum Gasteiger partial charge on any atom is -0.493 e. The highest BCUT2D eigenvalue weighted by Crippen LogP contribution is 2.28. The molecule has 0 aromatic heterocycles. The van der Waals surface area contributed by atoms with E-state index in [1.54, 1.807) is 43.5 Å². The Morgan fingerprint density at radius 3 is 2.60 bits per heavy atom. The molecule has 0 aliphatic rings. The second kappa shape index (κ2) is 9.34. The molecule has 0 saturated heterocycles. The van der Waals surface area contributed by atoms with E-state index in [0.29, 0.717) is 40.3 Å².